The lowest BCUT2D eigenvalue weighted by Crippen LogP contribution is -2.24. The number of halogens is 1. The van der Waals surface area contributed by atoms with Gasteiger partial charge < -0.3 is 10.4 Å². The van der Waals surface area contributed by atoms with Crippen LogP contribution in [0.4, 0.5) is 0 Å². The Hall–Kier alpha value is -0.780. The van der Waals surface area contributed by atoms with Gasteiger partial charge in [-0.15, -0.1) is 0 Å². The van der Waals surface area contributed by atoms with Crippen LogP contribution in [0.15, 0.2) is 18.2 Å². The number of amides is 1. The lowest BCUT2D eigenvalue weighted by atomic mass is 10.2. The first-order valence-electron chi connectivity index (χ1n) is 5.42. The van der Waals surface area contributed by atoms with E-state index in [-0.39, 0.29) is 11.7 Å². The maximum Gasteiger partial charge on any atom is 0.255 e. The van der Waals surface area contributed by atoms with E-state index in [4.69, 9.17) is 0 Å². The second-order valence-electron chi connectivity index (χ2n) is 3.62. The van der Waals surface area contributed by atoms with Crippen molar-refractivity contribution in [2.45, 2.75) is 26.2 Å². The van der Waals surface area contributed by atoms with Gasteiger partial charge >= 0.3 is 0 Å². The highest BCUT2D eigenvalue weighted by Gasteiger charge is 2.09. The van der Waals surface area contributed by atoms with Crippen molar-refractivity contribution in [3.63, 3.8) is 0 Å². The number of phenols is 1. The molecule has 0 fully saturated rings. The monoisotopic (exact) mass is 333 g/mol. The molecule has 0 aliphatic carbocycles. The Morgan fingerprint density at radius 2 is 2.19 bits per heavy atom. The SMILES string of the molecule is CCCCCNC(=O)c1ccc(I)cc1O. The average molecular weight is 333 g/mol. The van der Waals surface area contributed by atoms with Crippen LogP contribution in [0.25, 0.3) is 0 Å². The first-order valence-corrected chi connectivity index (χ1v) is 6.49. The third-order valence-corrected chi connectivity index (χ3v) is 2.94. The zero-order valence-electron chi connectivity index (χ0n) is 9.29. The summed E-state index contributed by atoms with van der Waals surface area (Å²) in [6.45, 7) is 2.78. The molecule has 0 aliphatic rings. The lowest BCUT2D eigenvalue weighted by Gasteiger charge is -2.06. The molecule has 0 heterocycles. The molecule has 0 spiro atoms. The fourth-order valence-electron chi connectivity index (χ4n) is 1.37. The van der Waals surface area contributed by atoms with E-state index < -0.39 is 0 Å². The molecule has 0 bridgehead atoms. The molecule has 0 atom stereocenters. The maximum absolute atomic E-state index is 11.7. The quantitative estimate of drug-likeness (QED) is 0.643. The lowest BCUT2D eigenvalue weighted by molar-refractivity contribution is 0.0950. The van der Waals surface area contributed by atoms with Crippen molar-refractivity contribution >= 4 is 28.5 Å². The first kappa shape index (κ1) is 13.3. The topological polar surface area (TPSA) is 49.3 Å². The summed E-state index contributed by atoms with van der Waals surface area (Å²) in [5.74, 6) is -0.162. The second kappa shape index (κ2) is 6.73. The smallest absolute Gasteiger partial charge is 0.255 e. The Balaban J connectivity index is 2.53. The van der Waals surface area contributed by atoms with Crippen LogP contribution in [0.2, 0.25) is 0 Å². The van der Waals surface area contributed by atoms with Crippen molar-refractivity contribution < 1.29 is 9.90 Å². The molecule has 0 aliphatic heterocycles. The second-order valence-corrected chi connectivity index (χ2v) is 4.87. The number of rotatable bonds is 5. The van der Waals surface area contributed by atoms with Gasteiger partial charge in [-0.05, 0) is 47.2 Å². The molecule has 16 heavy (non-hydrogen) atoms. The molecule has 88 valence electrons. The van der Waals surface area contributed by atoms with Crippen molar-refractivity contribution in [2.75, 3.05) is 6.54 Å². The van der Waals surface area contributed by atoms with Crippen LogP contribution in [-0.2, 0) is 0 Å². The van der Waals surface area contributed by atoms with Crippen molar-refractivity contribution in [3.05, 3.63) is 27.3 Å². The number of hydrogen-bond donors (Lipinski definition) is 2. The summed E-state index contributed by atoms with van der Waals surface area (Å²) >= 11 is 2.09. The minimum atomic E-state index is -0.204. The third-order valence-electron chi connectivity index (χ3n) is 2.27. The molecule has 0 unspecified atom stereocenters. The molecule has 4 heteroatoms. The minimum Gasteiger partial charge on any atom is -0.507 e. The number of benzene rings is 1. The van der Waals surface area contributed by atoms with Crippen LogP contribution in [0.3, 0.4) is 0 Å². The van der Waals surface area contributed by atoms with Crippen LogP contribution in [0, 0.1) is 3.57 Å². The molecule has 0 aromatic heterocycles. The van der Waals surface area contributed by atoms with E-state index in [1.807, 2.05) is 0 Å². The summed E-state index contributed by atoms with van der Waals surface area (Å²) in [5.41, 5.74) is 0.344. The summed E-state index contributed by atoms with van der Waals surface area (Å²) in [7, 11) is 0. The van der Waals surface area contributed by atoms with Gasteiger partial charge in [-0.25, -0.2) is 0 Å². The van der Waals surface area contributed by atoms with E-state index in [1.54, 1.807) is 18.2 Å². The maximum atomic E-state index is 11.7. The van der Waals surface area contributed by atoms with Crippen molar-refractivity contribution in [3.8, 4) is 5.75 Å². The van der Waals surface area contributed by atoms with Crippen LogP contribution < -0.4 is 5.32 Å². The van der Waals surface area contributed by atoms with Gasteiger partial charge in [0.25, 0.3) is 5.91 Å². The zero-order valence-corrected chi connectivity index (χ0v) is 11.5. The van der Waals surface area contributed by atoms with E-state index in [0.29, 0.717) is 12.1 Å². The molecular formula is C12H16INO2. The number of hydrogen-bond acceptors (Lipinski definition) is 2. The number of carbonyl (C=O) groups is 1. The Labute approximate surface area is 109 Å². The number of unbranched alkanes of at least 4 members (excludes halogenated alkanes) is 2. The first-order chi connectivity index (χ1) is 7.65. The molecule has 1 aromatic rings. The molecule has 1 amide bonds. The largest absolute Gasteiger partial charge is 0.507 e. The number of nitrogens with one attached hydrogen (secondary N) is 1. The van der Waals surface area contributed by atoms with E-state index in [2.05, 4.69) is 34.8 Å². The Bertz CT molecular complexity index is 366. The van der Waals surface area contributed by atoms with Gasteiger partial charge in [0.2, 0.25) is 0 Å². The van der Waals surface area contributed by atoms with Crippen LogP contribution in [0.1, 0.15) is 36.5 Å². The number of carbonyl (C=O) groups excluding carboxylic acids is 1. The standard InChI is InChI=1S/C12H16INO2/c1-2-3-4-7-14-12(16)10-6-5-9(13)8-11(10)15/h5-6,8,15H,2-4,7H2,1H3,(H,14,16). The molecule has 0 saturated heterocycles. The van der Waals surface area contributed by atoms with Gasteiger partial charge in [0.05, 0.1) is 5.56 Å². The predicted octanol–water partition coefficient (Wildman–Crippen LogP) is 2.92. The fourth-order valence-corrected chi connectivity index (χ4v) is 1.84. The molecule has 2 N–H and O–H groups in total. The Morgan fingerprint density at radius 1 is 1.44 bits per heavy atom. The van der Waals surface area contributed by atoms with Crippen LogP contribution >= 0.6 is 22.6 Å². The summed E-state index contributed by atoms with van der Waals surface area (Å²) in [4.78, 5) is 11.7. The number of phenolic OH excluding ortho intramolecular Hbond substituents is 1. The van der Waals surface area contributed by atoms with E-state index in [0.717, 1.165) is 22.8 Å². The summed E-state index contributed by atoms with van der Waals surface area (Å²) < 4.78 is 0.914. The third kappa shape index (κ3) is 4.00. The van der Waals surface area contributed by atoms with Gasteiger partial charge in [0, 0.05) is 10.1 Å². The van der Waals surface area contributed by atoms with Gasteiger partial charge in [-0.3, -0.25) is 4.79 Å². The molecule has 1 aromatic carbocycles. The summed E-state index contributed by atoms with van der Waals surface area (Å²) in [5, 5.41) is 12.4. The highest BCUT2D eigenvalue weighted by molar-refractivity contribution is 14.1. The summed E-state index contributed by atoms with van der Waals surface area (Å²) in [6.07, 6.45) is 3.22. The zero-order chi connectivity index (χ0) is 12.0. The number of aromatic hydroxyl groups is 1. The Kier molecular flexibility index (Phi) is 5.59. The molecule has 0 saturated carbocycles. The normalized spacial score (nSPS) is 10.1. The summed E-state index contributed by atoms with van der Waals surface area (Å²) in [6, 6.07) is 5.04. The van der Waals surface area contributed by atoms with Gasteiger partial charge in [0.15, 0.2) is 0 Å². The fraction of sp³-hybridized carbons (Fsp3) is 0.417. The van der Waals surface area contributed by atoms with Crippen molar-refractivity contribution in [1.29, 1.82) is 0 Å². The molecule has 3 nitrogen and oxygen atoms in total. The van der Waals surface area contributed by atoms with Crippen LogP contribution in [-0.4, -0.2) is 17.6 Å². The van der Waals surface area contributed by atoms with Crippen molar-refractivity contribution in [2.24, 2.45) is 0 Å². The van der Waals surface area contributed by atoms with Crippen LogP contribution in [0.5, 0.6) is 5.75 Å². The van der Waals surface area contributed by atoms with E-state index in [1.165, 1.54) is 0 Å². The van der Waals surface area contributed by atoms with Crippen molar-refractivity contribution in [1.82, 2.24) is 5.32 Å². The highest BCUT2D eigenvalue weighted by Crippen LogP contribution is 2.19. The van der Waals surface area contributed by atoms with E-state index >= 15 is 0 Å². The average Bonchev–Trinajstić information content (AvgIpc) is 2.24. The minimum absolute atomic E-state index is 0.0416. The Morgan fingerprint density at radius 3 is 2.81 bits per heavy atom. The molecule has 1 rings (SSSR count). The molecule has 0 radical (unpaired) electrons. The highest BCUT2D eigenvalue weighted by atomic mass is 127. The van der Waals surface area contributed by atoms with Gasteiger partial charge in [-0.1, -0.05) is 19.8 Å². The van der Waals surface area contributed by atoms with Gasteiger partial charge in [0.1, 0.15) is 5.75 Å². The predicted molar refractivity (Wildman–Crippen MR) is 72.7 cm³/mol. The van der Waals surface area contributed by atoms with E-state index in [9.17, 15) is 9.90 Å². The molecular weight excluding hydrogens is 317 g/mol. The van der Waals surface area contributed by atoms with Gasteiger partial charge in [-0.2, -0.15) is 0 Å².